The van der Waals surface area contributed by atoms with Gasteiger partial charge in [-0.05, 0) is 13.0 Å². The molecule has 1 aromatic heterocycles. The molecule has 0 aliphatic rings. The SMILES string of the molecule is COCc1cc(CN)c(C)o1. The molecule has 0 spiro atoms. The Balaban J connectivity index is 2.77. The summed E-state index contributed by atoms with van der Waals surface area (Å²) in [7, 11) is 1.64. The predicted octanol–water partition coefficient (Wildman–Crippen LogP) is 1.19. The van der Waals surface area contributed by atoms with Crippen molar-refractivity contribution in [2.24, 2.45) is 5.73 Å². The van der Waals surface area contributed by atoms with Gasteiger partial charge >= 0.3 is 0 Å². The second-order valence-corrected chi connectivity index (χ2v) is 2.43. The maximum absolute atomic E-state index is 5.46. The molecule has 0 fully saturated rings. The van der Waals surface area contributed by atoms with E-state index in [9.17, 15) is 0 Å². The van der Waals surface area contributed by atoms with E-state index >= 15 is 0 Å². The smallest absolute Gasteiger partial charge is 0.130 e. The van der Waals surface area contributed by atoms with E-state index in [0.29, 0.717) is 13.2 Å². The third kappa shape index (κ3) is 1.82. The van der Waals surface area contributed by atoms with Crippen molar-refractivity contribution in [3.8, 4) is 0 Å². The fourth-order valence-electron chi connectivity index (χ4n) is 1.00. The third-order valence-corrected chi connectivity index (χ3v) is 1.58. The standard InChI is InChI=1S/C8H13NO2/c1-6-7(4-9)3-8(11-6)5-10-2/h3H,4-5,9H2,1-2H3. The molecule has 0 unspecified atom stereocenters. The molecule has 1 heterocycles. The highest BCUT2D eigenvalue weighted by atomic mass is 16.5. The zero-order valence-electron chi connectivity index (χ0n) is 6.89. The quantitative estimate of drug-likeness (QED) is 0.713. The molecule has 3 heteroatoms. The van der Waals surface area contributed by atoms with Crippen molar-refractivity contribution in [1.29, 1.82) is 0 Å². The lowest BCUT2D eigenvalue weighted by Crippen LogP contribution is -1.95. The summed E-state index contributed by atoms with van der Waals surface area (Å²) in [5.41, 5.74) is 6.51. The zero-order valence-corrected chi connectivity index (χ0v) is 6.89. The Labute approximate surface area is 66.1 Å². The number of methoxy groups -OCH3 is 1. The van der Waals surface area contributed by atoms with Gasteiger partial charge in [0.2, 0.25) is 0 Å². The lowest BCUT2D eigenvalue weighted by Gasteiger charge is -1.90. The Kier molecular flexibility index (Phi) is 2.68. The first kappa shape index (κ1) is 8.30. The molecular formula is C8H13NO2. The molecule has 0 saturated carbocycles. The monoisotopic (exact) mass is 155 g/mol. The second kappa shape index (κ2) is 3.55. The number of hydrogen-bond acceptors (Lipinski definition) is 3. The molecule has 62 valence electrons. The largest absolute Gasteiger partial charge is 0.464 e. The van der Waals surface area contributed by atoms with Crippen LogP contribution in [0.15, 0.2) is 10.5 Å². The van der Waals surface area contributed by atoms with Gasteiger partial charge in [-0.15, -0.1) is 0 Å². The average molecular weight is 155 g/mol. The van der Waals surface area contributed by atoms with Gasteiger partial charge in [-0.1, -0.05) is 0 Å². The maximum Gasteiger partial charge on any atom is 0.130 e. The summed E-state index contributed by atoms with van der Waals surface area (Å²) in [5.74, 6) is 1.73. The number of ether oxygens (including phenoxy) is 1. The van der Waals surface area contributed by atoms with E-state index in [-0.39, 0.29) is 0 Å². The van der Waals surface area contributed by atoms with Gasteiger partial charge in [-0.2, -0.15) is 0 Å². The molecule has 0 saturated heterocycles. The van der Waals surface area contributed by atoms with Crippen molar-refractivity contribution >= 4 is 0 Å². The number of hydrogen-bond donors (Lipinski definition) is 1. The van der Waals surface area contributed by atoms with Crippen LogP contribution in [0, 0.1) is 6.92 Å². The van der Waals surface area contributed by atoms with E-state index in [4.69, 9.17) is 14.9 Å². The molecule has 0 atom stereocenters. The van der Waals surface area contributed by atoms with Crippen LogP contribution in [0.25, 0.3) is 0 Å². The van der Waals surface area contributed by atoms with E-state index in [1.807, 2.05) is 13.0 Å². The van der Waals surface area contributed by atoms with Crippen LogP contribution in [-0.4, -0.2) is 7.11 Å². The van der Waals surface area contributed by atoms with Crippen LogP contribution in [0.2, 0.25) is 0 Å². The van der Waals surface area contributed by atoms with Crippen LogP contribution in [0.3, 0.4) is 0 Å². The summed E-state index contributed by atoms with van der Waals surface area (Å²) in [6.07, 6.45) is 0. The summed E-state index contributed by atoms with van der Waals surface area (Å²) < 4.78 is 10.2. The summed E-state index contributed by atoms with van der Waals surface area (Å²) in [5, 5.41) is 0. The minimum Gasteiger partial charge on any atom is -0.464 e. The first-order chi connectivity index (χ1) is 5.27. The van der Waals surface area contributed by atoms with E-state index in [2.05, 4.69) is 0 Å². The van der Waals surface area contributed by atoms with Gasteiger partial charge in [0.1, 0.15) is 18.1 Å². The Hall–Kier alpha value is -0.800. The molecule has 2 N–H and O–H groups in total. The average Bonchev–Trinajstić information content (AvgIpc) is 2.32. The minimum absolute atomic E-state index is 0.515. The molecule has 0 aliphatic heterocycles. The van der Waals surface area contributed by atoms with E-state index < -0.39 is 0 Å². The Morgan fingerprint density at radius 3 is 2.82 bits per heavy atom. The van der Waals surface area contributed by atoms with E-state index in [0.717, 1.165) is 17.1 Å². The van der Waals surface area contributed by atoms with E-state index in [1.54, 1.807) is 7.11 Å². The van der Waals surface area contributed by atoms with Crippen LogP contribution in [0.5, 0.6) is 0 Å². The summed E-state index contributed by atoms with van der Waals surface area (Å²) in [4.78, 5) is 0. The molecule has 0 bridgehead atoms. The zero-order chi connectivity index (χ0) is 8.27. The molecule has 0 aliphatic carbocycles. The lowest BCUT2D eigenvalue weighted by molar-refractivity contribution is 0.163. The first-order valence-electron chi connectivity index (χ1n) is 3.55. The van der Waals surface area contributed by atoms with Crippen molar-refractivity contribution in [3.63, 3.8) is 0 Å². The van der Waals surface area contributed by atoms with Crippen LogP contribution in [0.1, 0.15) is 17.1 Å². The Bertz CT molecular complexity index is 230. The highest BCUT2D eigenvalue weighted by molar-refractivity contribution is 5.19. The minimum atomic E-state index is 0.515. The summed E-state index contributed by atoms with van der Waals surface area (Å²) >= 11 is 0. The molecule has 0 radical (unpaired) electrons. The van der Waals surface area contributed by atoms with Crippen molar-refractivity contribution in [2.75, 3.05) is 7.11 Å². The molecule has 11 heavy (non-hydrogen) atoms. The van der Waals surface area contributed by atoms with Crippen LogP contribution < -0.4 is 5.73 Å². The van der Waals surface area contributed by atoms with Gasteiger partial charge in [0.15, 0.2) is 0 Å². The van der Waals surface area contributed by atoms with Gasteiger partial charge in [-0.25, -0.2) is 0 Å². The number of nitrogens with two attached hydrogens (primary N) is 1. The maximum atomic E-state index is 5.46. The number of aryl methyl sites for hydroxylation is 1. The summed E-state index contributed by atoms with van der Waals surface area (Å²) in [6.45, 7) is 2.95. The van der Waals surface area contributed by atoms with Crippen LogP contribution in [-0.2, 0) is 17.9 Å². The number of furan rings is 1. The summed E-state index contributed by atoms with van der Waals surface area (Å²) in [6, 6.07) is 1.93. The Morgan fingerprint density at radius 2 is 2.36 bits per heavy atom. The van der Waals surface area contributed by atoms with Gasteiger partial charge in [0.05, 0.1) is 0 Å². The fourth-order valence-corrected chi connectivity index (χ4v) is 1.00. The topological polar surface area (TPSA) is 48.4 Å². The van der Waals surface area contributed by atoms with Crippen molar-refractivity contribution in [2.45, 2.75) is 20.1 Å². The second-order valence-electron chi connectivity index (χ2n) is 2.43. The van der Waals surface area contributed by atoms with Gasteiger partial charge in [-0.3, -0.25) is 0 Å². The van der Waals surface area contributed by atoms with Crippen molar-refractivity contribution in [1.82, 2.24) is 0 Å². The molecule has 1 aromatic rings. The molecule has 0 aromatic carbocycles. The highest BCUT2D eigenvalue weighted by Crippen LogP contribution is 2.14. The van der Waals surface area contributed by atoms with Crippen LogP contribution in [0.4, 0.5) is 0 Å². The first-order valence-corrected chi connectivity index (χ1v) is 3.55. The molecule has 3 nitrogen and oxygen atoms in total. The van der Waals surface area contributed by atoms with Crippen molar-refractivity contribution in [3.05, 3.63) is 23.2 Å². The van der Waals surface area contributed by atoms with Gasteiger partial charge in [0.25, 0.3) is 0 Å². The number of rotatable bonds is 3. The lowest BCUT2D eigenvalue weighted by atomic mass is 10.2. The van der Waals surface area contributed by atoms with Crippen molar-refractivity contribution < 1.29 is 9.15 Å². The van der Waals surface area contributed by atoms with E-state index in [1.165, 1.54) is 0 Å². The fraction of sp³-hybridized carbons (Fsp3) is 0.500. The predicted molar refractivity (Wildman–Crippen MR) is 42.0 cm³/mol. The highest BCUT2D eigenvalue weighted by Gasteiger charge is 2.04. The molecule has 0 amide bonds. The molecule has 1 rings (SSSR count). The van der Waals surface area contributed by atoms with Gasteiger partial charge < -0.3 is 14.9 Å². The Morgan fingerprint density at radius 1 is 1.64 bits per heavy atom. The van der Waals surface area contributed by atoms with Crippen LogP contribution >= 0.6 is 0 Å². The normalized spacial score (nSPS) is 10.5. The third-order valence-electron chi connectivity index (χ3n) is 1.58. The molecular weight excluding hydrogens is 142 g/mol. The van der Waals surface area contributed by atoms with Gasteiger partial charge in [0, 0.05) is 19.2 Å².